The van der Waals surface area contributed by atoms with Gasteiger partial charge in [-0.1, -0.05) is 185 Å². The van der Waals surface area contributed by atoms with E-state index in [1.165, 1.54) is 141 Å². The highest BCUT2D eigenvalue weighted by atomic mass is 31.2. The fourth-order valence-electron chi connectivity index (χ4n) is 6.49. The number of esters is 1. The SMILES string of the molecule is CCCCCCC/C=C\C/C=C\C/C=C\CCCCCCCCCCCOCC(COP(=O)([O-])OCC[N+](C)(C)C)OC(=O)CCCCCCCCCCCCC. The number of likely N-dealkylation sites (N-methyl/N-ethyl adjacent to an activating group) is 1. The van der Waals surface area contributed by atoms with Gasteiger partial charge in [-0.15, -0.1) is 0 Å². The standard InChI is InChI=1S/C48H92NO7P/c1-6-8-10-12-14-16-18-19-20-21-22-23-24-25-26-27-28-29-30-32-34-36-38-40-43-53-45-47(46-55-57(51,52)54-44-42-49(3,4)5)56-48(50)41-39-37-35-33-31-17-15-13-11-9-7-2/h18-19,21-22,24-25,47H,6-17,20,23,26-46H2,1-5H3/b19-18-,22-21-,25-24-. The molecular formula is C48H92NO7P. The van der Waals surface area contributed by atoms with Crippen molar-refractivity contribution in [2.45, 2.75) is 213 Å². The van der Waals surface area contributed by atoms with E-state index in [2.05, 4.69) is 50.3 Å². The summed E-state index contributed by atoms with van der Waals surface area (Å²) in [5, 5.41) is 0. The van der Waals surface area contributed by atoms with Crippen LogP contribution >= 0.6 is 7.82 Å². The lowest BCUT2D eigenvalue weighted by Crippen LogP contribution is -2.37. The average Bonchev–Trinajstić information content (AvgIpc) is 3.16. The van der Waals surface area contributed by atoms with Crippen molar-refractivity contribution in [1.29, 1.82) is 0 Å². The van der Waals surface area contributed by atoms with Gasteiger partial charge < -0.3 is 27.9 Å². The average molecular weight is 826 g/mol. The first kappa shape index (κ1) is 55.7. The minimum absolute atomic E-state index is 0.0258. The number of hydrogen-bond acceptors (Lipinski definition) is 7. The molecule has 0 fully saturated rings. The molecule has 0 aliphatic carbocycles. The molecule has 0 aromatic heterocycles. The molecule has 9 heteroatoms. The smallest absolute Gasteiger partial charge is 0.306 e. The van der Waals surface area contributed by atoms with Gasteiger partial charge in [0, 0.05) is 13.0 Å². The third-order valence-corrected chi connectivity index (χ3v) is 11.2. The van der Waals surface area contributed by atoms with Crippen LogP contribution in [0.2, 0.25) is 0 Å². The molecule has 0 N–H and O–H groups in total. The molecule has 336 valence electrons. The molecule has 0 aromatic carbocycles. The summed E-state index contributed by atoms with van der Waals surface area (Å²) >= 11 is 0. The van der Waals surface area contributed by atoms with Crippen LogP contribution < -0.4 is 4.89 Å². The summed E-state index contributed by atoms with van der Waals surface area (Å²) in [4.78, 5) is 25.0. The maximum absolute atomic E-state index is 12.6. The van der Waals surface area contributed by atoms with E-state index in [0.29, 0.717) is 24.1 Å². The van der Waals surface area contributed by atoms with Crippen molar-refractivity contribution < 1.29 is 37.3 Å². The van der Waals surface area contributed by atoms with E-state index in [1.54, 1.807) is 0 Å². The Kier molecular flexibility index (Phi) is 40.5. The van der Waals surface area contributed by atoms with Crippen molar-refractivity contribution >= 4 is 13.8 Å². The number of hydrogen-bond donors (Lipinski definition) is 0. The van der Waals surface area contributed by atoms with Gasteiger partial charge in [-0.2, -0.15) is 0 Å². The zero-order valence-electron chi connectivity index (χ0n) is 38.0. The summed E-state index contributed by atoms with van der Waals surface area (Å²) in [5.74, 6) is -0.337. The number of allylic oxidation sites excluding steroid dienone is 6. The highest BCUT2D eigenvalue weighted by molar-refractivity contribution is 7.45. The van der Waals surface area contributed by atoms with E-state index in [-0.39, 0.29) is 25.8 Å². The fourth-order valence-corrected chi connectivity index (χ4v) is 7.22. The molecule has 57 heavy (non-hydrogen) atoms. The van der Waals surface area contributed by atoms with Crippen molar-refractivity contribution in [3.05, 3.63) is 36.5 Å². The van der Waals surface area contributed by atoms with E-state index >= 15 is 0 Å². The van der Waals surface area contributed by atoms with Gasteiger partial charge in [0.2, 0.25) is 0 Å². The fraction of sp³-hybridized carbons (Fsp3) is 0.854. The number of rotatable bonds is 44. The molecule has 0 heterocycles. The van der Waals surface area contributed by atoms with Crippen molar-refractivity contribution in [3.63, 3.8) is 0 Å². The molecule has 0 bridgehead atoms. The van der Waals surface area contributed by atoms with E-state index < -0.39 is 13.9 Å². The first-order valence-corrected chi connectivity index (χ1v) is 25.2. The van der Waals surface area contributed by atoms with Crippen molar-refractivity contribution in [2.24, 2.45) is 0 Å². The highest BCUT2D eigenvalue weighted by Gasteiger charge is 2.20. The second-order valence-corrected chi connectivity index (χ2v) is 18.5. The summed E-state index contributed by atoms with van der Waals surface area (Å²) in [6.07, 6.45) is 48.8. The number of carbonyl (C=O) groups is 1. The number of phosphoric acid groups is 1. The zero-order chi connectivity index (χ0) is 42.0. The van der Waals surface area contributed by atoms with Crippen molar-refractivity contribution in [3.8, 4) is 0 Å². The monoisotopic (exact) mass is 826 g/mol. The molecule has 0 radical (unpaired) electrons. The molecule has 0 amide bonds. The minimum Gasteiger partial charge on any atom is -0.756 e. The molecule has 0 saturated carbocycles. The lowest BCUT2D eigenvalue weighted by Gasteiger charge is -2.28. The number of nitrogens with zero attached hydrogens (tertiary/aromatic N) is 1. The molecule has 0 spiro atoms. The molecule has 0 aromatic rings. The van der Waals surface area contributed by atoms with Crippen molar-refractivity contribution in [2.75, 3.05) is 54.1 Å². The van der Waals surface area contributed by atoms with Gasteiger partial charge in [0.05, 0.1) is 34.4 Å². The number of ether oxygens (including phenoxy) is 2. The summed E-state index contributed by atoms with van der Waals surface area (Å²) < 4.78 is 34.6. The van der Waals surface area contributed by atoms with Crippen LogP contribution in [-0.4, -0.2) is 70.7 Å². The van der Waals surface area contributed by atoms with Crippen LogP contribution in [0, 0.1) is 0 Å². The van der Waals surface area contributed by atoms with Crippen LogP contribution in [0.3, 0.4) is 0 Å². The Morgan fingerprint density at radius 2 is 0.965 bits per heavy atom. The van der Waals surface area contributed by atoms with Gasteiger partial charge in [-0.25, -0.2) is 0 Å². The molecule has 0 saturated heterocycles. The predicted octanol–water partition coefficient (Wildman–Crippen LogP) is 13.5. The largest absolute Gasteiger partial charge is 0.756 e. The van der Waals surface area contributed by atoms with Gasteiger partial charge in [0.25, 0.3) is 7.82 Å². The Balaban J connectivity index is 4.10. The van der Waals surface area contributed by atoms with E-state index in [0.717, 1.165) is 44.9 Å². The van der Waals surface area contributed by atoms with E-state index in [1.807, 2.05) is 21.1 Å². The highest BCUT2D eigenvalue weighted by Crippen LogP contribution is 2.38. The van der Waals surface area contributed by atoms with Crippen LogP contribution in [0.4, 0.5) is 0 Å². The maximum Gasteiger partial charge on any atom is 0.306 e. The third-order valence-electron chi connectivity index (χ3n) is 10.2. The summed E-state index contributed by atoms with van der Waals surface area (Å²) in [7, 11) is 1.36. The summed E-state index contributed by atoms with van der Waals surface area (Å²) in [5.41, 5.74) is 0. The van der Waals surface area contributed by atoms with Crippen LogP contribution in [0.15, 0.2) is 36.5 Å². The van der Waals surface area contributed by atoms with Gasteiger partial charge in [-0.05, 0) is 51.4 Å². The number of unbranched alkanes of at least 4 members (excludes halogenated alkanes) is 24. The summed E-state index contributed by atoms with van der Waals surface area (Å²) in [6.45, 7) is 5.40. The Morgan fingerprint density at radius 1 is 0.544 bits per heavy atom. The van der Waals surface area contributed by atoms with Gasteiger partial charge in [-0.3, -0.25) is 9.36 Å². The number of quaternary nitrogens is 1. The van der Waals surface area contributed by atoms with E-state index in [4.69, 9.17) is 18.5 Å². The Bertz CT molecular complexity index is 1010. The predicted molar refractivity (Wildman–Crippen MR) is 240 cm³/mol. The molecule has 0 rings (SSSR count). The second kappa shape index (κ2) is 41.5. The number of phosphoric ester groups is 1. The van der Waals surface area contributed by atoms with Gasteiger partial charge >= 0.3 is 5.97 Å². The molecule has 0 aliphatic heterocycles. The zero-order valence-corrected chi connectivity index (χ0v) is 38.9. The topological polar surface area (TPSA) is 94.1 Å². The summed E-state index contributed by atoms with van der Waals surface area (Å²) in [6, 6.07) is 0. The first-order valence-electron chi connectivity index (χ1n) is 23.7. The molecule has 2 atom stereocenters. The molecule has 2 unspecified atom stereocenters. The quantitative estimate of drug-likeness (QED) is 0.0198. The van der Waals surface area contributed by atoms with Gasteiger partial charge in [0.1, 0.15) is 19.3 Å². The molecular weight excluding hydrogens is 734 g/mol. The minimum atomic E-state index is -4.52. The first-order chi connectivity index (χ1) is 27.6. The lowest BCUT2D eigenvalue weighted by atomic mass is 10.1. The van der Waals surface area contributed by atoms with Crippen LogP contribution in [-0.2, 0) is 27.9 Å². The maximum atomic E-state index is 12.6. The van der Waals surface area contributed by atoms with Crippen LogP contribution in [0.1, 0.15) is 206 Å². The lowest BCUT2D eigenvalue weighted by molar-refractivity contribution is -0.870. The van der Waals surface area contributed by atoms with Gasteiger partial charge in [0.15, 0.2) is 0 Å². The Labute approximate surface area is 353 Å². The van der Waals surface area contributed by atoms with Crippen molar-refractivity contribution in [1.82, 2.24) is 0 Å². The Morgan fingerprint density at radius 3 is 1.44 bits per heavy atom. The van der Waals surface area contributed by atoms with E-state index in [9.17, 15) is 14.3 Å². The molecule has 8 nitrogen and oxygen atoms in total. The van der Waals surface area contributed by atoms with Crippen LogP contribution in [0.25, 0.3) is 0 Å². The second-order valence-electron chi connectivity index (χ2n) is 17.1. The molecule has 0 aliphatic rings. The Hall–Kier alpha value is -1.28. The number of carbonyl (C=O) groups excluding carboxylic acids is 1. The van der Waals surface area contributed by atoms with Crippen LogP contribution in [0.5, 0.6) is 0 Å². The third kappa shape index (κ3) is 45.7. The normalized spacial score (nSPS) is 14.0.